The summed E-state index contributed by atoms with van der Waals surface area (Å²) in [6, 6.07) is 2.59. The molecule has 0 aromatic carbocycles. The van der Waals surface area contributed by atoms with Crippen LogP contribution in [0.2, 0.25) is 0 Å². The van der Waals surface area contributed by atoms with Crippen LogP contribution in [0.1, 0.15) is 24.6 Å². The van der Waals surface area contributed by atoms with Crippen molar-refractivity contribution in [2.24, 2.45) is 0 Å². The third-order valence-electron chi connectivity index (χ3n) is 3.47. The molecule has 5 nitrogen and oxygen atoms in total. The van der Waals surface area contributed by atoms with E-state index in [4.69, 9.17) is 0 Å². The lowest BCUT2D eigenvalue weighted by molar-refractivity contribution is -0.141. The molecule has 23 heavy (non-hydrogen) atoms. The van der Waals surface area contributed by atoms with E-state index in [1.54, 1.807) is 12.3 Å². The first kappa shape index (κ1) is 15.3. The van der Waals surface area contributed by atoms with E-state index in [1.807, 2.05) is 0 Å². The van der Waals surface area contributed by atoms with Crippen LogP contribution in [0.15, 0.2) is 30.2 Å². The third kappa shape index (κ3) is 3.41. The summed E-state index contributed by atoms with van der Waals surface area (Å²) in [4.78, 5) is 11.2. The van der Waals surface area contributed by atoms with Crippen LogP contribution in [0.25, 0.3) is 6.08 Å². The molecule has 2 N–H and O–H groups in total. The molecule has 0 unspecified atom stereocenters. The zero-order valence-electron chi connectivity index (χ0n) is 12.3. The highest BCUT2D eigenvalue weighted by Crippen LogP contribution is 2.30. The van der Waals surface area contributed by atoms with Gasteiger partial charge in [-0.25, -0.2) is 15.0 Å². The molecule has 1 aliphatic heterocycles. The maximum atomic E-state index is 12.7. The Hall–Kier alpha value is -2.64. The van der Waals surface area contributed by atoms with Crippen LogP contribution in [-0.4, -0.2) is 21.5 Å². The van der Waals surface area contributed by atoms with Crippen molar-refractivity contribution in [3.63, 3.8) is 0 Å². The molecule has 120 valence electrons. The second-order valence-electron chi connectivity index (χ2n) is 5.08. The number of aromatic nitrogens is 3. The number of halogens is 3. The van der Waals surface area contributed by atoms with Crippen molar-refractivity contribution in [2.75, 3.05) is 17.2 Å². The van der Waals surface area contributed by atoms with E-state index in [0.29, 0.717) is 5.82 Å². The van der Waals surface area contributed by atoms with E-state index in [2.05, 4.69) is 38.6 Å². The van der Waals surface area contributed by atoms with Gasteiger partial charge in [-0.3, -0.25) is 0 Å². The maximum Gasteiger partial charge on any atom is 0.433 e. The highest BCUT2D eigenvalue weighted by atomic mass is 19.4. The molecule has 1 aliphatic rings. The zero-order valence-corrected chi connectivity index (χ0v) is 12.3. The summed E-state index contributed by atoms with van der Waals surface area (Å²) in [7, 11) is 0. The average molecular weight is 321 g/mol. The van der Waals surface area contributed by atoms with Crippen molar-refractivity contribution in [1.29, 1.82) is 0 Å². The molecule has 2 aromatic rings. The first-order valence-corrected chi connectivity index (χ1v) is 7.05. The van der Waals surface area contributed by atoms with Crippen molar-refractivity contribution >= 4 is 23.4 Å². The van der Waals surface area contributed by atoms with E-state index in [0.717, 1.165) is 36.6 Å². The Balaban J connectivity index is 1.83. The molecule has 8 heteroatoms. The molecule has 3 rings (SSSR count). The van der Waals surface area contributed by atoms with Crippen LogP contribution in [0.5, 0.6) is 0 Å². The van der Waals surface area contributed by atoms with Crippen LogP contribution in [0.4, 0.5) is 30.5 Å². The first-order chi connectivity index (χ1) is 11.0. The summed E-state index contributed by atoms with van der Waals surface area (Å²) in [5.41, 5.74) is 2.11. The predicted octanol–water partition coefficient (Wildman–Crippen LogP) is 3.85. The molecule has 0 saturated heterocycles. The first-order valence-electron chi connectivity index (χ1n) is 7.05. The van der Waals surface area contributed by atoms with Gasteiger partial charge in [0.2, 0.25) is 0 Å². The van der Waals surface area contributed by atoms with Gasteiger partial charge >= 0.3 is 6.18 Å². The molecular weight excluding hydrogens is 307 g/mol. The van der Waals surface area contributed by atoms with Crippen LogP contribution >= 0.6 is 0 Å². The fourth-order valence-corrected chi connectivity index (χ4v) is 2.22. The topological polar surface area (TPSA) is 62.7 Å². The van der Waals surface area contributed by atoms with Crippen molar-refractivity contribution in [1.82, 2.24) is 15.0 Å². The van der Waals surface area contributed by atoms with Crippen LogP contribution in [0, 0.1) is 0 Å². The zero-order chi connectivity index (χ0) is 16.4. The largest absolute Gasteiger partial charge is 0.433 e. The molecule has 0 radical (unpaired) electrons. The summed E-state index contributed by atoms with van der Waals surface area (Å²) in [5.74, 6) is 0.455. The Morgan fingerprint density at radius 1 is 1.17 bits per heavy atom. The van der Waals surface area contributed by atoms with Gasteiger partial charge in [-0.1, -0.05) is 18.6 Å². The summed E-state index contributed by atoms with van der Waals surface area (Å²) >= 11 is 0. The minimum absolute atomic E-state index is 0.0420. The van der Waals surface area contributed by atoms with Gasteiger partial charge in [0.05, 0.1) is 0 Å². The van der Waals surface area contributed by atoms with Crippen molar-refractivity contribution in [3.8, 4) is 0 Å². The van der Waals surface area contributed by atoms with E-state index < -0.39 is 11.9 Å². The number of fused-ring (bicyclic) bond motifs is 1. The summed E-state index contributed by atoms with van der Waals surface area (Å²) in [6.07, 6.45) is 1.05. The van der Waals surface area contributed by atoms with E-state index in [1.165, 1.54) is 5.57 Å². The molecule has 0 fully saturated rings. The minimum Gasteiger partial charge on any atom is -0.381 e. The van der Waals surface area contributed by atoms with Gasteiger partial charge in [0.25, 0.3) is 0 Å². The highest BCUT2D eigenvalue weighted by Gasteiger charge is 2.32. The number of pyridine rings is 1. The number of anilines is 3. The normalized spacial score (nSPS) is 13.8. The Morgan fingerprint density at radius 2 is 1.96 bits per heavy atom. The van der Waals surface area contributed by atoms with Crippen molar-refractivity contribution in [3.05, 3.63) is 41.5 Å². The van der Waals surface area contributed by atoms with Gasteiger partial charge in [0.1, 0.15) is 23.7 Å². The van der Waals surface area contributed by atoms with Crippen molar-refractivity contribution in [2.45, 2.75) is 19.5 Å². The Labute approximate surface area is 130 Å². The summed E-state index contributed by atoms with van der Waals surface area (Å²) in [6.45, 7) is 2.83. The Morgan fingerprint density at radius 3 is 2.70 bits per heavy atom. The fourth-order valence-electron chi connectivity index (χ4n) is 2.22. The predicted molar refractivity (Wildman–Crippen MR) is 81.3 cm³/mol. The molecule has 0 amide bonds. The molecule has 0 spiro atoms. The number of rotatable bonds is 3. The molecule has 0 saturated carbocycles. The van der Waals surface area contributed by atoms with Gasteiger partial charge < -0.3 is 10.6 Å². The maximum absolute atomic E-state index is 12.7. The number of hydrogen-bond donors (Lipinski definition) is 2. The second-order valence-corrected chi connectivity index (χ2v) is 5.08. The Bertz CT molecular complexity index is 755. The fraction of sp³-hybridized carbons (Fsp3) is 0.267. The van der Waals surface area contributed by atoms with Crippen molar-refractivity contribution < 1.29 is 13.2 Å². The summed E-state index contributed by atoms with van der Waals surface area (Å²) in [5, 5.41) is 6.03. The van der Waals surface area contributed by atoms with E-state index >= 15 is 0 Å². The minimum atomic E-state index is -4.51. The monoisotopic (exact) mass is 321 g/mol. The highest BCUT2D eigenvalue weighted by molar-refractivity contribution is 5.74. The van der Waals surface area contributed by atoms with Gasteiger partial charge in [-0.2, -0.15) is 13.2 Å². The van der Waals surface area contributed by atoms with E-state index in [-0.39, 0.29) is 5.82 Å². The van der Waals surface area contributed by atoms with Gasteiger partial charge in [-0.15, -0.1) is 0 Å². The number of alkyl halides is 3. The lowest BCUT2D eigenvalue weighted by atomic mass is 10.0. The molecule has 0 bridgehead atoms. The van der Waals surface area contributed by atoms with Gasteiger partial charge in [-0.05, 0) is 6.42 Å². The van der Waals surface area contributed by atoms with E-state index in [9.17, 15) is 13.2 Å². The molecule has 2 aromatic heterocycles. The van der Waals surface area contributed by atoms with Gasteiger partial charge in [0.15, 0.2) is 0 Å². The quantitative estimate of drug-likeness (QED) is 0.899. The molecule has 3 heterocycles. The van der Waals surface area contributed by atoms with Crippen LogP contribution in [-0.2, 0) is 6.18 Å². The second kappa shape index (κ2) is 5.86. The number of nitrogens with zero attached hydrogens (tertiary/aromatic N) is 3. The lowest BCUT2D eigenvalue weighted by Gasteiger charge is -2.18. The number of nitrogens with one attached hydrogen (secondary N) is 2. The Kier molecular flexibility index (Phi) is 3.89. The smallest absolute Gasteiger partial charge is 0.381 e. The molecule has 0 atom stereocenters. The lowest BCUT2D eigenvalue weighted by Crippen LogP contribution is -2.11. The number of hydrogen-bond acceptors (Lipinski definition) is 5. The van der Waals surface area contributed by atoms with Crippen LogP contribution < -0.4 is 10.6 Å². The SMILES string of the molecule is CCC1=Cc2cnc(Nc3cc(C(F)(F)F)ncn3)cc2NC1. The summed E-state index contributed by atoms with van der Waals surface area (Å²) < 4.78 is 38.0. The standard InChI is InChI=1S/C15H14F3N5/c1-2-9-3-10-7-20-13(4-11(10)19-6-9)23-14-5-12(15(16,17)18)21-8-22-14/h3-5,7-8,19H,2,6H2,1H3,(H,20,21,22,23). The average Bonchev–Trinajstić information content (AvgIpc) is 2.54. The molecule has 0 aliphatic carbocycles. The third-order valence-corrected chi connectivity index (χ3v) is 3.47. The van der Waals surface area contributed by atoms with Gasteiger partial charge in [0, 0.05) is 36.1 Å². The van der Waals surface area contributed by atoms with Crippen LogP contribution in [0.3, 0.4) is 0 Å². The molecular formula is C15H14F3N5.